The minimum Gasteiger partial charge on any atom is -0.333 e. The van der Waals surface area contributed by atoms with Crippen molar-refractivity contribution in [1.82, 2.24) is 24.6 Å². The Morgan fingerprint density at radius 1 is 1.14 bits per heavy atom. The van der Waals surface area contributed by atoms with E-state index >= 15 is 0 Å². The van der Waals surface area contributed by atoms with Gasteiger partial charge in [-0.25, -0.2) is 13.5 Å². The topological polar surface area (TPSA) is 83.4 Å². The third-order valence-electron chi connectivity index (χ3n) is 6.76. The molecule has 0 unspecified atom stereocenters. The van der Waals surface area contributed by atoms with Gasteiger partial charge in [-0.15, -0.1) is 0 Å². The highest BCUT2D eigenvalue weighted by molar-refractivity contribution is 7.22. The summed E-state index contributed by atoms with van der Waals surface area (Å²) in [5, 5.41) is 7.50. The number of likely N-dealkylation sites (tertiary alicyclic amines) is 2. The number of fused-ring (bicyclic) bond motifs is 1. The normalized spacial score (nSPS) is 18.9. The Bertz CT molecular complexity index is 1310. The fourth-order valence-electron chi connectivity index (χ4n) is 4.99. The third-order valence-corrected chi connectivity index (χ3v) is 7.73. The average Bonchev–Trinajstić information content (AvgIpc) is 3.57. The molecular weight excluding hydrogens is 486 g/mol. The maximum atomic E-state index is 14.1. The lowest BCUT2D eigenvalue weighted by atomic mass is 10.1. The van der Waals surface area contributed by atoms with Gasteiger partial charge in [-0.1, -0.05) is 11.3 Å². The van der Waals surface area contributed by atoms with Gasteiger partial charge in [-0.05, 0) is 71.7 Å². The van der Waals surface area contributed by atoms with Gasteiger partial charge < -0.3 is 9.80 Å². The van der Waals surface area contributed by atoms with Crippen LogP contribution in [0.25, 0.3) is 10.3 Å². The lowest BCUT2D eigenvalue weighted by Crippen LogP contribution is -2.42. The first-order chi connectivity index (χ1) is 17.1. The molecule has 36 heavy (non-hydrogen) atoms. The molecule has 1 atom stereocenters. The zero-order valence-corrected chi connectivity index (χ0v) is 21.5. The molecule has 4 heterocycles. The lowest BCUT2D eigenvalue weighted by molar-refractivity contribution is 0.0703. The second kappa shape index (κ2) is 9.51. The predicted octanol–water partition coefficient (Wildman–Crippen LogP) is 4.48. The van der Waals surface area contributed by atoms with E-state index in [1.165, 1.54) is 12.8 Å². The van der Waals surface area contributed by atoms with Crippen molar-refractivity contribution < 1.29 is 18.4 Å². The fraction of sp³-hybridized carbons (Fsp3) is 0.520. The summed E-state index contributed by atoms with van der Waals surface area (Å²) >= 11 is 1.13. The molecule has 2 saturated heterocycles. The minimum absolute atomic E-state index is 0.129. The first kappa shape index (κ1) is 24.8. The average molecular weight is 517 g/mol. The highest BCUT2D eigenvalue weighted by atomic mass is 32.1. The number of rotatable bonds is 5. The zero-order chi connectivity index (χ0) is 25.6. The summed E-state index contributed by atoms with van der Waals surface area (Å²) in [6.45, 7) is 9.61. The molecule has 2 amide bonds. The van der Waals surface area contributed by atoms with E-state index in [9.17, 15) is 18.4 Å². The van der Waals surface area contributed by atoms with Crippen LogP contribution < -0.4 is 5.32 Å². The number of anilines is 1. The van der Waals surface area contributed by atoms with Crippen molar-refractivity contribution in [3.05, 3.63) is 41.1 Å². The molecule has 11 heteroatoms. The molecule has 2 fully saturated rings. The Labute approximate surface area is 212 Å². The number of aromatic nitrogens is 3. The van der Waals surface area contributed by atoms with E-state index in [-0.39, 0.29) is 22.6 Å². The summed E-state index contributed by atoms with van der Waals surface area (Å²) in [4.78, 5) is 35.3. The molecule has 192 valence electrons. The van der Waals surface area contributed by atoms with Crippen LogP contribution in [0.5, 0.6) is 0 Å². The van der Waals surface area contributed by atoms with E-state index < -0.39 is 23.1 Å². The summed E-state index contributed by atoms with van der Waals surface area (Å²) < 4.78 is 29.6. The van der Waals surface area contributed by atoms with Gasteiger partial charge >= 0.3 is 0 Å². The van der Waals surface area contributed by atoms with Crippen molar-refractivity contribution in [3.63, 3.8) is 0 Å². The molecule has 0 spiro atoms. The molecule has 0 saturated carbocycles. The quantitative estimate of drug-likeness (QED) is 0.541. The Hall–Kier alpha value is -2.92. The van der Waals surface area contributed by atoms with Crippen molar-refractivity contribution in [2.75, 3.05) is 31.5 Å². The molecule has 0 radical (unpaired) electrons. The van der Waals surface area contributed by atoms with E-state index in [1.807, 2.05) is 25.7 Å². The first-order valence-electron chi connectivity index (χ1n) is 12.3. The van der Waals surface area contributed by atoms with E-state index in [0.717, 1.165) is 55.9 Å². The van der Waals surface area contributed by atoms with Crippen molar-refractivity contribution >= 4 is 38.6 Å². The Morgan fingerprint density at radius 2 is 1.89 bits per heavy atom. The summed E-state index contributed by atoms with van der Waals surface area (Å²) in [5.41, 5.74) is 0.0567. The maximum absolute atomic E-state index is 14.1. The van der Waals surface area contributed by atoms with Crippen LogP contribution >= 0.6 is 11.3 Å². The molecule has 0 bridgehead atoms. The highest BCUT2D eigenvalue weighted by Gasteiger charge is 2.35. The van der Waals surface area contributed by atoms with Crippen LogP contribution in [0, 0.1) is 11.6 Å². The van der Waals surface area contributed by atoms with Gasteiger partial charge in [0.2, 0.25) is 0 Å². The molecule has 2 aliphatic heterocycles. The van der Waals surface area contributed by atoms with Gasteiger partial charge in [0.25, 0.3) is 11.8 Å². The molecule has 1 N–H and O–H groups in total. The number of hydrogen-bond donors (Lipinski definition) is 1. The second-order valence-corrected chi connectivity index (χ2v) is 11.5. The zero-order valence-electron chi connectivity index (χ0n) is 20.7. The number of amides is 2. The van der Waals surface area contributed by atoms with Crippen molar-refractivity contribution in [2.45, 2.75) is 58.0 Å². The Kier molecular flexibility index (Phi) is 6.54. The molecule has 1 aromatic carbocycles. The number of nitrogens with zero attached hydrogens (tertiary/aromatic N) is 5. The van der Waals surface area contributed by atoms with Crippen LogP contribution in [0.1, 0.15) is 67.3 Å². The number of thiazole rings is 1. The van der Waals surface area contributed by atoms with E-state index in [2.05, 4.69) is 20.3 Å². The third kappa shape index (κ3) is 4.73. The summed E-state index contributed by atoms with van der Waals surface area (Å²) in [5.74, 6) is -2.58. The van der Waals surface area contributed by atoms with Crippen LogP contribution in [-0.2, 0) is 5.54 Å². The van der Waals surface area contributed by atoms with E-state index in [4.69, 9.17) is 0 Å². The van der Waals surface area contributed by atoms with Crippen LogP contribution in [0.2, 0.25) is 0 Å². The molecule has 2 aliphatic rings. The Balaban J connectivity index is 1.45. The molecule has 5 rings (SSSR count). The van der Waals surface area contributed by atoms with Gasteiger partial charge in [-0.3, -0.25) is 14.9 Å². The minimum atomic E-state index is -0.955. The largest absolute Gasteiger partial charge is 0.333 e. The van der Waals surface area contributed by atoms with Crippen molar-refractivity contribution in [1.29, 1.82) is 0 Å². The predicted molar refractivity (Wildman–Crippen MR) is 134 cm³/mol. The Morgan fingerprint density at radius 3 is 2.58 bits per heavy atom. The number of halogens is 2. The smallest absolute Gasteiger partial charge is 0.276 e. The van der Waals surface area contributed by atoms with Crippen LogP contribution in [0.3, 0.4) is 0 Å². The summed E-state index contributed by atoms with van der Waals surface area (Å²) in [7, 11) is 0. The van der Waals surface area contributed by atoms with Crippen molar-refractivity contribution in [3.8, 4) is 0 Å². The summed E-state index contributed by atoms with van der Waals surface area (Å²) in [6, 6.07) is 2.93. The van der Waals surface area contributed by atoms with E-state index in [1.54, 1.807) is 4.68 Å². The summed E-state index contributed by atoms with van der Waals surface area (Å²) in [6.07, 6.45) is 4.34. The van der Waals surface area contributed by atoms with Gasteiger partial charge in [0.15, 0.2) is 16.5 Å². The molecule has 2 aromatic heterocycles. The lowest BCUT2D eigenvalue weighted by Gasteiger charge is -2.28. The maximum Gasteiger partial charge on any atom is 0.276 e. The van der Waals surface area contributed by atoms with Gasteiger partial charge in [0.1, 0.15) is 16.3 Å². The van der Waals surface area contributed by atoms with Crippen LogP contribution in [0.4, 0.5) is 13.9 Å². The standard InChI is InChI=1S/C25H30F2N6O2S/c1-25(2,3)33-21-20(36-24(28-21)29-22(34)17-9-8-15(26)13-18(17)27)19(30-33)23(35)32-12-6-7-16(32)14-31-10-4-5-11-31/h8-9,13,16H,4-7,10-12,14H2,1-3H3,(H,28,29,34)/t16-/m0/s1. The monoisotopic (exact) mass is 516 g/mol. The van der Waals surface area contributed by atoms with Gasteiger partial charge in [-0.2, -0.15) is 10.1 Å². The fourth-order valence-corrected chi connectivity index (χ4v) is 5.91. The SMILES string of the molecule is CC(C)(C)n1nc(C(=O)N2CCC[C@H]2CN2CCCC2)c2sc(NC(=O)c3ccc(F)cc3F)nc21. The number of nitrogens with one attached hydrogen (secondary N) is 1. The van der Waals surface area contributed by atoms with Crippen LogP contribution in [0.15, 0.2) is 18.2 Å². The van der Waals surface area contributed by atoms with Gasteiger partial charge in [0, 0.05) is 25.2 Å². The molecular formula is C25H30F2N6O2S. The molecule has 8 nitrogen and oxygen atoms in total. The number of benzene rings is 1. The highest BCUT2D eigenvalue weighted by Crippen LogP contribution is 2.34. The molecule has 3 aromatic rings. The van der Waals surface area contributed by atoms with Crippen LogP contribution in [-0.4, -0.2) is 68.6 Å². The second-order valence-electron chi connectivity index (χ2n) is 10.5. The number of carbonyl (C=O) groups excluding carboxylic acids is 2. The van der Waals surface area contributed by atoms with Gasteiger partial charge in [0.05, 0.1) is 11.1 Å². The number of carbonyl (C=O) groups is 2. The number of hydrogen-bond acceptors (Lipinski definition) is 6. The van der Waals surface area contributed by atoms with E-state index in [0.29, 0.717) is 28.7 Å². The van der Waals surface area contributed by atoms with Crippen molar-refractivity contribution in [2.24, 2.45) is 0 Å². The molecule has 0 aliphatic carbocycles. The first-order valence-corrected chi connectivity index (χ1v) is 13.1.